The van der Waals surface area contributed by atoms with E-state index in [0.717, 1.165) is 13.0 Å². The van der Waals surface area contributed by atoms with Crippen LogP contribution in [-0.2, 0) is 9.47 Å². The van der Waals surface area contributed by atoms with Crippen LogP contribution in [0.1, 0.15) is 20.3 Å². The number of hydrogen-bond donors (Lipinski definition) is 0. The zero-order valence-electron chi connectivity index (χ0n) is 7.30. The lowest BCUT2D eigenvalue weighted by Gasteiger charge is -2.04. The SMILES string of the molecule is C=CCOCCC1(C)OC1C. The van der Waals surface area contributed by atoms with Crippen LogP contribution in [-0.4, -0.2) is 24.9 Å². The summed E-state index contributed by atoms with van der Waals surface area (Å²) in [7, 11) is 0. The van der Waals surface area contributed by atoms with E-state index in [1.165, 1.54) is 0 Å². The average Bonchev–Trinajstić information content (AvgIpc) is 2.54. The Morgan fingerprint density at radius 1 is 1.73 bits per heavy atom. The lowest BCUT2D eigenvalue weighted by molar-refractivity contribution is 0.136. The molecule has 0 radical (unpaired) electrons. The van der Waals surface area contributed by atoms with Crippen molar-refractivity contribution in [1.29, 1.82) is 0 Å². The maximum atomic E-state index is 5.38. The van der Waals surface area contributed by atoms with Gasteiger partial charge in [0.1, 0.15) is 0 Å². The van der Waals surface area contributed by atoms with Crippen molar-refractivity contribution in [3.05, 3.63) is 12.7 Å². The van der Waals surface area contributed by atoms with E-state index in [2.05, 4.69) is 20.4 Å². The second-order valence-electron chi connectivity index (χ2n) is 3.19. The van der Waals surface area contributed by atoms with Crippen molar-refractivity contribution in [1.82, 2.24) is 0 Å². The van der Waals surface area contributed by atoms with Crippen molar-refractivity contribution in [2.75, 3.05) is 13.2 Å². The number of ether oxygens (including phenoxy) is 2. The fraction of sp³-hybridized carbons (Fsp3) is 0.778. The van der Waals surface area contributed by atoms with Crippen molar-refractivity contribution >= 4 is 0 Å². The second-order valence-corrected chi connectivity index (χ2v) is 3.19. The Labute approximate surface area is 68.2 Å². The Balaban J connectivity index is 2.00. The van der Waals surface area contributed by atoms with Gasteiger partial charge in [0.2, 0.25) is 0 Å². The van der Waals surface area contributed by atoms with E-state index in [1.807, 2.05) is 0 Å². The van der Waals surface area contributed by atoms with E-state index in [-0.39, 0.29) is 5.60 Å². The first-order chi connectivity index (χ1) is 5.19. The molecule has 1 rings (SSSR count). The second kappa shape index (κ2) is 3.37. The van der Waals surface area contributed by atoms with Crippen LogP contribution in [0.2, 0.25) is 0 Å². The summed E-state index contributed by atoms with van der Waals surface area (Å²) >= 11 is 0. The van der Waals surface area contributed by atoms with Crippen LogP contribution in [0.4, 0.5) is 0 Å². The van der Waals surface area contributed by atoms with Gasteiger partial charge in [0.25, 0.3) is 0 Å². The smallest absolute Gasteiger partial charge is 0.0939 e. The Morgan fingerprint density at radius 2 is 2.36 bits per heavy atom. The highest BCUT2D eigenvalue weighted by Gasteiger charge is 2.47. The minimum absolute atomic E-state index is 0.0984. The van der Waals surface area contributed by atoms with Crippen LogP contribution >= 0.6 is 0 Å². The summed E-state index contributed by atoms with van der Waals surface area (Å²) in [5.41, 5.74) is 0.0984. The molecule has 0 aromatic heterocycles. The van der Waals surface area contributed by atoms with E-state index in [4.69, 9.17) is 9.47 Å². The monoisotopic (exact) mass is 156 g/mol. The standard InChI is InChI=1S/C9H16O2/c1-4-6-10-7-5-9(3)8(2)11-9/h4,8H,1,5-7H2,2-3H3. The fourth-order valence-electron chi connectivity index (χ4n) is 1.07. The molecule has 2 heteroatoms. The number of rotatable bonds is 5. The Hall–Kier alpha value is -0.340. The Kier molecular flexibility index (Phi) is 2.68. The molecule has 2 unspecified atom stereocenters. The van der Waals surface area contributed by atoms with E-state index >= 15 is 0 Å². The molecule has 0 spiro atoms. The molecule has 1 aliphatic heterocycles. The summed E-state index contributed by atoms with van der Waals surface area (Å²) in [5, 5.41) is 0. The summed E-state index contributed by atoms with van der Waals surface area (Å²) in [4.78, 5) is 0. The quantitative estimate of drug-likeness (QED) is 0.343. The molecule has 1 saturated heterocycles. The first-order valence-corrected chi connectivity index (χ1v) is 4.05. The van der Waals surface area contributed by atoms with Crippen LogP contribution in [0.25, 0.3) is 0 Å². The predicted molar refractivity (Wildman–Crippen MR) is 44.6 cm³/mol. The highest BCUT2D eigenvalue weighted by atomic mass is 16.6. The summed E-state index contributed by atoms with van der Waals surface area (Å²) < 4.78 is 10.6. The molecule has 64 valence electrons. The van der Waals surface area contributed by atoms with Gasteiger partial charge in [-0.25, -0.2) is 0 Å². The minimum atomic E-state index is 0.0984. The number of epoxide rings is 1. The molecule has 1 aliphatic rings. The van der Waals surface area contributed by atoms with Gasteiger partial charge in [-0.1, -0.05) is 6.08 Å². The van der Waals surface area contributed by atoms with Gasteiger partial charge in [0.05, 0.1) is 18.3 Å². The summed E-state index contributed by atoms with van der Waals surface area (Å²) in [6.45, 7) is 9.19. The average molecular weight is 156 g/mol. The highest BCUT2D eigenvalue weighted by Crippen LogP contribution is 2.38. The van der Waals surface area contributed by atoms with Crippen molar-refractivity contribution < 1.29 is 9.47 Å². The van der Waals surface area contributed by atoms with Gasteiger partial charge in [0, 0.05) is 13.0 Å². The van der Waals surface area contributed by atoms with Crippen molar-refractivity contribution in [3.8, 4) is 0 Å². The topological polar surface area (TPSA) is 21.8 Å². The van der Waals surface area contributed by atoms with Crippen LogP contribution < -0.4 is 0 Å². The fourth-order valence-corrected chi connectivity index (χ4v) is 1.07. The lowest BCUT2D eigenvalue weighted by atomic mass is 10.1. The van der Waals surface area contributed by atoms with E-state index in [9.17, 15) is 0 Å². The first kappa shape index (κ1) is 8.75. The van der Waals surface area contributed by atoms with Crippen LogP contribution in [0, 0.1) is 0 Å². The zero-order valence-corrected chi connectivity index (χ0v) is 7.30. The number of hydrogen-bond acceptors (Lipinski definition) is 2. The predicted octanol–water partition coefficient (Wildman–Crippen LogP) is 1.76. The molecule has 0 aromatic rings. The molecule has 0 aliphatic carbocycles. The molecule has 0 N–H and O–H groups in total. The highest BCUT2D eigenvalue weighted by molar-refractivity contribution is 4.95. The van der Waals surface area contributed by atoms with Gasteiger partial charge in [-0.2, -0.15) is 0 Å². The van der Waals surface area contributed by atoms with Gasteiger partial charge in [-0.15, -0.1) is 6.58 Å². The molecular formula is C9H16O2. The van der Waals surface area contributed by atoms with Crippen LogP contribution in [0.5, 0.6) is 0 Å². The summed E-state index contributed by atoms with van der Waals surface area (Å²) in [5.74, 6) is 0. The van der Waals surface area contributed by atoms with Crippen LogP contribution in [0.15, 0.2) is 12.7 Å². The maximum Gasteiger partial charge on any atom is 0.0939 e. The van der Waals surface area contributed by atoms with E-state index in [1.54, 1.807) is 6.08 Å². The molecule has 2 nitrogen and oxygen atoms in total. The van der Waals surface area contributed by atoms with Gasteiger partial charge < -0.3 is 9.47 Å². The third-order valence-electron chi connectivity index (χ3n) is 2.23. The largest absolute Gasteiger partial charge is 0.377 e. The Morgan fingerprint density at radius 3 is 2.82 bits per heavy atom. The summed E-state index contributed by atoms with van der Waals surface area (Å²) in [6.07, 6.45) is 3.16. The zero-order chi connectivity index (χ0) is 8.32. The first-order valence-electron chi connectivity index (χ1n) is 4.05. The van der Waals surface area contributed by atoms with Gasteiger partial charge in [-0.05, 0) is 13.8 Å². The molecule has 0 saturated carbocycles. The van der Waals surface area contributed by atoms with Crippen molar-refractivity contribution in [3.63, 3.8) is 0 Å². The molecule has 0 aromatic carbocycles. The molecule has 2 atom stereocenters. The third kappa shape index (κ3) is 2.31. The van der Waals surface area contributed by atoms with Crippen molar-refractivity contribution in [2.24, 2.45) is 0 Å². The molecule has 11 heavy (non-hydrogen) atoms. The molecule has 1 heterocycles. The summed E-state index contributed by atoms with van der Waals surface area (Å²) in [6, 6.07) is 0. The molecular weight excluding hydrogens is 140 g/mol. The third-order valence-corrected chi connectivity index (χ3v) is 2.23. The molecule has 0 bridgehead atoms. The normalized spacial score (nSPS) is 35.3. The maximum absolute atomic E-state index is 5.38. The van der Waals surface area contributed by atoms with Gasteiger partial charge >= 0.3 is 0 Å². The lowest BCUT2D eigenvalue weighted by Crippen LogP contribution is -2.11. The van der Waals surface area contributed by atoms with Gasteiger partial charge in [0.15, 0.2) is 0 Å². The minimum Gasteiger partial charge on any atom is -0.377 e. The van der Waals surface area contributed by atoms with Gasteiger partial charge in [-0.3, -0.25) is 0 Å². The molecule has 0 amide bonds. The van der Waals surface area contributed by atoms with Crippen molar-refractivity contribution in [2.45, 2.75) is 32.0 Å². The Bertz CT molecular complexity index is 144. The molecule has 1 fully saturated rings. The van der Waals surface area contributed by atoms with E-state index < -0.39 is 0 Å². The van der Waals surface area contributed by atoms with Crippen LogP contribution in [0.3, 0.4) is 0 Å². The van der Waals surface area contributed by atoms with E-state index in [0.29, 0.717) is 12.7 Å².